The summed E-state index contributed by atoms with van der Waals surface area (Å²) in [5.74, 6) is -0.0326. The normalized spacial score (nSPS) is 21.9. The van der Waals surface area contributed by atoms with Crippen LogP contribution in [0.1, 0.15) is 25.3 Å². The lowest BCUT2D eigenvalue weighted by Gasteiger charge is -2.15. The SMILES string of the molecule is Cc1ccc(NC(=O)CCNC2CCOC2C)c(Cl)c1. The van der Waals surface area contributed by atoms with Crippen LogP contribution in [0.25, 0.3) is 0 Å². The van der Waals surface area contributed by atoms with Crippen LogP contribution in [0.15, 0.2) is 18.2 Å². The Labute approximate surface area is 124 Å². The van der Waals surface area contributed by atoms with Crippen LogP contribution in [0, 0.1) is 6.92 Å². The van der Waals surface area contributed by atoms with Crippen LogP contribution in [0.4, 0.5) is 5.69 Å². The monoisotopic (exact) mass is 296 g/mol. The van der Waals surface area contributed by atoms with Gasteiger partial charge in [0.25, 0.3) is 0 Å². The summed E-state index contributed by atoms with van der Waals surface area (Å²) in [5.41, 5.74) is 1.74. The lowest BCUT2D eigenvalue weighted by molar-refractivity contribution is -0.116. The Kier molecular flexibility index (Phi) is 5.40. The zero-order valence-corrected chi connectivity index (χ0v) is 12.7. The Morgan fingerprint density at radius 2 is 2.30 bits per heavy atom. The minimum Gasteiger partial charge on any atom is -0.377 e. The van der Waals surface area contributed by atoms with E-state index in [0.717, 1.165) is 18.6 Å². The van der Waals surface area contributed by atoms with E-state index < -0.39 is 0 Å². The topological polar surface area (TPSA) is 50.4 Å². The quantitative estimate of drug-likeness (QED) is 0.878. The standard InChI is InChI=1S/C15H21ClN2O2/c1-10-3-4-14(12(16)9-10)18-15(19)5-7-17-13-6-8-20-11(13)2/h3-4,9,11,13,17H,5-8H2,1-2H3,(H,18,19). The van der Waals surface area contributed by atoms with Gasteiger partial charge in [-0.15, -0.1) is 0 Å². The van der Waals surface area contributed by atoms with Crippen molar-refractivity contribution in [3.63, 3.8) is 0 Å². The number of benzene rings is 1. The van der Waals surface area contributed by atoms with E-state index in [0.29, 0.717) is 29.7 Å². The molecule has 110 valence electrons. The molecule has 0 saturated carbocycles. The number of hydrogen-bond acceptors (Lipinski definition) is 3. The molecule has 1 fully saturated rings. The van der Waals surface area contributed by atoms with Crippen molar-refractivity contribution in [3.8, 4) is 0 Å². The van der Waals surface area contributed by atoms with E-state index in [1.807, 2.05) is 25.1 Å². The molecule has 1 amide bonds. The third-order valence-electron chi connectivity index (χ3n) is 3.53. The zero-order valence-electron chi connectivity index (χ0n) is 11.9. The van der Waals surface area contributed by atoms with Gasteiger partial charge in [-0.1, -0.05) is 17.7 Å². The second-order valence-electron chi connectivity index (χ2n) is 5.21. The lowest BCUT2D eigenvalue weighted by Crippen LogP contribution is -2.36. The van der Waals surface area contributed by atoms with Crippen LogP contribution in [0.3, 0.4) is 0 Å². The third kappa shape index (κ3) is 4.20. The van der Waals surface area contributed by atoms with Gasteiger partial charge in [0.1, 0.15) is 0 Å². The predicted octanol–water partition coefficient (Wildman–Crippen LogP) is 2.74. The molecule has 1 saturated heterocycles. The summed E-state index contributed by atoms with van der Waals surface area (Å²) in [6, 6.07) is 5.95. The van der Waals surface area contributed by atoms with Gasteiger partial charge in [-0.25, -0.2) is 0 Å². The molecule has 0 aromatic heterocycles. The number of aryl methyl sites for hydroxylation is 1. The van der Waals surface area contributed by atoms with Gasteiger partial charge in [0.05, 0.1) is 16.8 Å². The molecule has 1 aromatic rings. The smallest absolute Gasteiger partial charge is 0.225 e. The van der Waals surface area contributed by atoms with Crippen LogP contribution < -0.4 is 10.6 Å². The molecule has 0 aliphatic carbocycles. The summed E-state index contributed by atoms with van der Waals surface area (Å²) in [6.07, 6.45) is 1.66. The Balaban J connectivity index is 1.75. The molecule has 1 aromatic carbocycles. The fraction of sp³-hybridized carbons (Fsp3) is 0.533. The second kappa shape index (κ2) is 7.07. The Morgan fingerprint density at radius 3 is 2.95 bits per heavy atom. The number of halogens is 1. The molecular formula is C15H21ClN2O2. The van der Waals surface area contributed by atoms with E-state index in [2.05, 4.69) is 17.6 Å². The first-order valence-corrected chi connectivity index (χ1v) is 7.35. The summed E-state index contributed by atoms with van der Waals surface area (Å²) < 4.78 is 5.47. The number of nitrogens with one attached hydrogen (secondary N) is 2. The first-order chi connectivity index (χ1) is 9.56. The fourth-order valence-corrected chi connectivity index (χ4v) is 2.59. The van der Waals surface area contributed by atoms with Crippen molar-refractivity contribution in [2.45, 2.75) is 38.8 Å². The predicted molar refractivity (Wildman–Crippen MR) is 81.3 cm³/mol. The van der Waals surface area contributed by atoms with E-state index in [1.165, 1.54) is 0 Å². The number of rotatable bonds is 5. The molecule has 2 N–H and O–H groups in total. The average molecular weight is 297 g/mol. The Bertz CT molecular complexity index is 479. The number of carbonyl (C=O) groups is 1. The highest BCUT2D eigenvalue weighted by Gasteiger charge is 2.23. The fourth-order valence-electron chi connectivity index (χ4n) is 2.31. The average Bonchev–Trinajstić information content (AvgIpc) is 2.79. The molecule has 1 aliphatic heterocycles. The molecule has 0 radical (unpaired) electrons. The summed E-state index contributed by atoms with van der Waals surface area (Å²) in [5, 5.41) is 6.76. The van der Waals surface area contributed by atoms with Crippen LogP contribution in [0.2, 0.25) is 5.02 Å². The largest absolute Gasteiger partial charge is 0.377 e. The van der Waals surface area contributed by atoms with Gasteiger partial charge in [0.2, 0.25) is 5.91 Å². The van der Waals surface area contributed by atoms with Gasteiger partial charge in [-0.3, -0.25) is 4.79 Å². The van der Waals surface area contributed by atoms with Crippen LogP contribution in [0.5, 0.6) is 0 Å². The van der Waals surface area contributed by atoms with E-state index in [-0.39, 0.29) is 12.0 Å². The van der Waals surface area contributed by atoms with E-state index in [9.17, 15) is 4.79 Å². The Morgan fingerprint density at radius 1 is 1.50 bits per heavy atom. The maximum atomic E-state index is 11.9. The van der Waals surface area contributed by atoms with Gasteiger partial charge >= 0.3 is 0 Å². The molecule has 20 heavy (non-hydrogen) atoms. The van der Waals surface area contributed by atoms with Crippen LogP contribution in [-0.4, -0.2) is 31.2 Å². The third-order valence-corrected chi connectivity index (χ3v) is 3.85. The lowest BCUT2D eigenvalue weighted by atomic mass is 10.1. The highest BCUT2D eigenvalue weighted by atomic mass is 35.5. The number of carbonyl (C=O) groups excluding carboxylic acids is 1. The molecule has 1 heterocycles. The number of hydrogen-bond donors (Lipinski definition) is 2. The van der Waals surface area contributed by atoms with Gasteiger partial charge in [-0.05, 0) is 38.0 Å². The number of anilines is 1. The van der Waals surface area contributed by atoms with E-state index in [4.69, 9.17) is 16.3 Å². The molecular weight excluding hydrogens is 276 g/mol. The van der Waals surface area contributed by atoms with Crippen molar-refractivity contribution in [3.05, 3.63) is 28.8 Å². The first kappa shape index (κ1) is 15.3. The van der Waals surface area contributed by atoms with Crippen molar-refractivity contribution >= 4 is 23.2 Å². The molecule has 4 nitrogen and oxygen atoms in total. The summed E-state index contributed by atoms with van der Waals surface area (Å²) in [4.78, 5) is 11.9. The molecule has 0 bridgehead atoms. The van der Waals surface area contributed by atoms with E-state index >= 15 is 0 Å². The number of ether oxygens (including phenoxy) is 1. The molecule has 2 atom stereocenters. The highest BCUT2D eigenvalue weighted by Crippen LogP contribution is 2.22. The van der Waals surface area contributed by atoms with Crippen molar-refractivity contribution < 1.29 is 9.53 Å². The molecule has 0 spiro atoms. The van der Waals surface area contributed by atoms with Crippen molar-refractivity contribution in [2.24, 2.45) is 0 Å². The number of amides is 1. The van der Waals surface area contributed by atoms with Crippen LogP contribution >= 0.6 is 11.6 Å². The Hall–Kier alpha value is -1.10. The summed E-state index contributed by atoms with van der Waals surface area (Å²) >= 11 is 6.08. The van der Waals surface area contributed by atoms with Crippen molar-refractivity contribution in [2.75, 3.05) is 18.5 Å². The molecule has 2 unspecified atom stereocenters. The second-order valence-corrected chi connectivity index (χ2v) is 5.61. The van der Waals surface area contributed by atoms with E-state index in [1.54, 1.807) is 0 Å². The van der Waals surface area contributed by atoms with Crippen molar-refractivity contribution in [1.82, 2.24) is 5.32 Å². The van der Waals surface area contributed by atoms with Gasteiger partial charge < -0.3 is 15.4 Å². The maximum Gasteiger partial charge on any atom is 0.225 e. The molecule has 5 heteroatoms. The maximum absolute atomic E-state index is 11.9. The minimum absolute atomic E-state index is 0.0326. The van der Waals surface area contributed by atoms with Gasteiger partial charge in [0.15, 0.2) is 0 Å². The zero-order chi connectivity index (χ0) is 14.5. The summed E-state index contributed by atoms with van der Waals surface area (Å²) in [7, 11) is 0. The molecule has 1 aliphatic rings. The minimum atomic E-state index is -0.0326. The van der Waals surface area contributed by atoms with Gasteiger partial charge in [0, 0.05) is 25.6 Å². The first-order valence-electron chi connectivity index (χ1n) is 6.97. The highest BCUT2D eigenvalue weighted by molar-refractivity contribution is 6.33. The summed E-state index contributed by atoms with van der Waals surface area (Å²) in [6.45, 7) is 5.46. The molecule has 2 rings (SSSR count). The van der Waals surface area contributed by atoms with Gasteiger partial charge in [-0.2, -0.15) is 0 Å². The van der Waals surface area contributed by atoms with Crippen molar-refractivity contribution in [1.29, 1.82) is 0 Å². The van der Waals surface area contributed by atoms with Crippen LogP contribution in [-0.2, 0) is 9.53 Å².